The van der Waals surface area contributed by atoms with Crippen LogP contribution < -0.4 is 4.31 Å². The van der Waals surface area contributed by atoms with Crippen LogP contribution in [0.5, 0.6) is 0 Å². The number of hydrogen-bond donors (Lipinski definition) is 1. The molecule has 2 rings (SSSR count). The topological polar surface area (TPSA) is 100 Å². The normalized spacial score (nSPS) is 13.1. The maximum atomic E-state index is 13.5. The van der Waals surface area contributed by atoms with Gasteiger partial charge in [0.25, 0.3) is 0 Å². The molecule has 0 saturated heterocycles. The molecule has 9 heteroatoms. The van der Waals surface area contributed by atoms with Crippen molar-refractivity contribution in [2.45, 2.75) is 39.2 Å². The Hall–Kier alpha value is -2.65. The number of hydrogen-bond acceptors (Lipinski definition) is 6. The fourth-order valence-electron chi connectivity index (χ4n) is 2.77. The molecule has 0 unspecified atom stereocenters. The second-order valence-electron chi connectivity index (χ2n) is 7.40. The van der Waals surface area contributed by atoms with Gasteiger partial charge in [0.05, 0.1) is 23.7 Å². The van der Waals surface area contributed by atoms with Crippen LogP contribution in [0.15, 0.2) is 30.3 Å². The highest BCUT2D eigenvalue weighted by Gasteiger charge is 2.22. The van der Waals surface area contributed by atoms with E-state index >= 15 is 0 Å². The van der Waals surface area contributed by atoms with Gasteiger partial charge in [-0.05, 0) is 37.1 Å². The molecule has 1 aromatic heterocycles. The largest absolute Gasteiger partial charge is 0.389 e. The summed E-state index contributed by atoms with van der Waals surface area (Å²) in [5, 5.41) is 10.1. The van der Waals surface area contributed by atoms with Gasteiger partial charge in [0.1, 0.15) is 11.6 Å². The Bertz CT molecular complexity index is 1050. The van der Waals surface area contributed by atoms with Gasteiger partial charge in [0, 0.05) is 24.6 Å². The van der Waals surface area contributed by atoms with Crippen LogP contribution in [0.25, 0.3) is 17.3 Å². The highest BCUT2D eigenvalue weighted by molar-refractivity contribution is 7.92. The molecule has 2 aromatic rings. The molecule has 0 amide bonds. The molecular formula is C21H26FN3O4S. The van der Waals surface area contributed by atoms with Crippen molar-refractivity contribution in [3.05, 3.63) is 47.4 Å². The quantitative estimate of drug-likeness (QED) is 0.684. The standard InChI is InChI=1S/C21H26FN3O4S/c1-13(2)19-18(11-10-17(27)12-14(3)26)20(15-6-8-16(22)9-7-15)24-21(23-19)25(4)30(5,28)29/h6-11,13,17,27H,12H2,1-5H3/b11-10+/t17-/m0/s1. The zero-order valence-electron chi connectivity index (χ0n) is 17.6. The third-order valence-electron chi connectivity index (χ3n) is 4.39. The van der Waals surface area contributed by atoms with E-state index in [-0.39, 0.29) is 24.1 Å². The first-order valence-corrected chi connectivity index (χ1v) is 11.2. The number of nitrogens with zero attached hydrogens (tertiary/aromatic N) is 3. The molecule has 162 valence electrons. The maximum absolute atomic E-state index is 13.5. The molecule has 30 heavy (non-hydrogen) atoms. The molecule has 0 aliphatic heterocycles. The lowest BCUT2D eigenvalue weighted by molar-refractivity contribution is -0.118. The molecule has 0 bridgehead atoms. The summed E-state index contributed by atoms with van der Waals surface area (Å²) >= 11 is 0. The fourth-order valence-corrected chi connectivity index (χ4v) is 3.14. The van der Waals surface area contributed by atoms with Crippen molar-refractivity contribution in [3.8, 4) is 11.3 Å². The number of ketones is 1. The Labute approximate surface area is 176 Å². The van der Waals surface area contributed by atoms with Crippen LogP contribution in [0.3, 0.4) is 0 Å². The number of carbonyl (C=O) groups excluding carboxylic acids is 1. The van der Waals surface area contributed by atoms with Crippen LogP contribution in [-0.4, -0.2) is 48.7 Å². The van der Waals surface area contributed by atoms with Gasteiger partial charge in [0.2, 0.25) is 16.0 Å². The first-order chi connectivity index (χ1) is 13.9. The van der Waals surface area contributed by atoms with Crippen LogP contribution >= 0.6 is 0 Å². The van der Waals surface area contributed by atoms with Gasteiger partial charge in [-0.25, -0.2) is 27.1 Å². The van der Waals surface area contributed by atoms with Gasteiger partial charge in [-0.3, -0.25) is 4.79 Å². The van der Waals surface area contributed by atoms with E-state index in [1.165, 1.54) is 44.3 Å². The molecule has 1 heterocycles. The van der Waals surface area contributed by atoms with E-state index in [1.54, 1.807) is 6.08 Å². The molecule has 1 atom stereocenters. The van der Waals surface area contributed by atoms with Gasteiger partial charge in [-0.15, -0.1) is 0 Å². The lowest BCUT2D eigenvalue weighted by Gasteiger charge is -2.20. The monoisotopic (exact) mass is 435 g/mol. The maximum Gasteiger partial charge on any atom is 0.239 e. The van der Waals surface area contributed by atoms with Crippen molar-refractivity contribution in [2.75, 3.05) is 17.6 Å². The van der Waals surface area contributed by atoms with Crippen LogP contribution in [0.4, 0.5) is 10.3 Å². The number of aliphatic hydroxyl groups excluding tert-OH is 1. The highest BCUT2D eigenvalue weighted by Crippen LogP contribution is 2.31. The van der Waals surface area contributed by atoms with E-state index in [9.17, 15) is 22.7 Å². The number of rotatable bonds is 8. The highest BCUT2D eigenvalue weighted by atomic mass is 32.2. The molecule has 7 nitrogen and oxygen atoms in total. The SMILES string of the molecule is CC(=O)C[C@@H](O)/C=C/c1c(-c2ccc(F)cc2)nc(N(C)S(C)(=O)=O)nc1C(C)C. The second kappa shape index (κ2) is 9.44. The minimum absolute atomic E-state index is 0.0121. The molecule has 0 fully saturated rings. The van der Waals surface area contributed by atoms with Gasteiger partial charge < -0.3 is 5.11 Å². The first-order valence-electron chi connectivity index (χ1n) is 9.37. The summed E-state index contributed by atoms with van der Waals surface area (Å²) in [5.41, 5.74) is 2.07. The average molecular weight is 436 g/mol. The van der Waals surface area contributed by atoms with Crippen molar-refractivity contribution in [1.82, 2.24) is 9.97 Å². The van der Waals surface area contributed by atoms with Gasteiger partial charge in [-0.1, -0.05) is 26.0 Å². The molecular weight excluding hydrogens is 409 g/mol. The predicted octanol–water partition coefficient (Wildman–Crippen LogP) is 3.16. The Balaban J connectivity index is 2.74. The lowest BCUT2D eigenvalue weighted by Crippen LogP contribution is -2.27. The fraction of sp³-hybridized carbons (Fsp3) is 0.381. The summed E-state index contributed by atoms with van der Waals surface area (Å²) in [5.74, 6) is -0.693. The number of anilines is 1. The van der Waals surface area contributed by atoms with Crippen LogP contribution in [0.2, 0.25) is 0 Å². The molecule has 1 aromatic carbocycles. The Morgan fingerprint density at radius 1 is 1.23 bits per heavy atom. The second-order valence-corrected chi connectivity index (χ2v) is 9.41. The van der Waals surface area contributed by atoms with Crippen molar-refractivity contribution >= 4 is 27.8 Å². The van der Waals surface area contributed by atoms with Crippen molar-refractivity contribution in [3.63, 3.8) is 0 Å². The van der Waals surface area contributed by atoms with Crippen molar-refractivity contribution in [1.29, 1.82) is 0 Å². The van der Waals surface area contributed by atoms with Gasteiger partial charge in [-0.2, -0.15) is 0 Å². The van der Waals surface area contributed by atoms with Crippen LogP contribution in [-0.2, 0) is 14.8 Å². The van der Waals surface area contributed by atoms with E-state index in [4.69, 9.17) is 0 Å². The molecule has 1 N–H and O–H groups in total. The molecule has 0 aliphatic rings. The smallest absolute Gasteiger partial charge is 0.239 e. The summed E-state index contributed by atoms with van der Waals surface area (Å²) in [6, 6.07) is 5.64. The van der Waals surface area contributed by atoms with Crippen molar-refractivity contribution < 1.29 is 22.7 Å². The van der Waals surface area contributed by atoms with E-state index in [0.717, 1.165) is 10.6 Å². The van der Waals surface area contributed by atoms with Gasteiger partial charge in [0.15, 0.2) is 0 Å². The Morgan fingerprint density at radius 3 is 2.33 bits per heavy atom. The number of carbonyl (C=O) groups is 1. The third kappa shape index (κ3) is 5.93. The summed E-state index contributed by atoms with van der Waals surface area (Å²) in [6.07, 6.45) is 3.12. The van der Waals surface area contributed by atoms with E-state index in [0.29, 0.717) is 22.5 Å². The summed E-state index contributed by atoms with van der Waals surface area (Å²) < 4.78 is 38.5. The number of aromatic nitrogens is 2. The van der Waals surface area contributed by atoms with E-state index in [2.05, 4.69) is 9.97 Å². The number of Topliss-reactive ketones (excluding diaryl/α,β-unsaturated/α-hetero) is 1. The van der Waals surface area contributed by atoms with Crippen molar-refractivity contribution in [2.24, 2.45) is 0 Å². The lowest BCUT2D eigenvalue weighted by atomic mass is 9.97. The zero-order valence-corrected chi connectivity index (χ0v) is 18.4. The van der Waals surface area contributed by atoms with Crippen LogP contribution in [0.1, 0.15) is 44.4 Å². The minimum atomic E-state index is -3.60. The number of benzene rings is 1. The predicted molar refractivity (Wildman–Crippen MR) is 115 cm³/mol. The first kappa shape index (κ1) is 23.6. The van der Waals surface area contributed by atoms with Crippen LogP contribution in [0, 0.1) is 5.82 Å². The number of sulfonamides is 1. The number of aliphatic hydroxyl groups is 1. The number of halogens is 1. The van der Waals surface area contributed by atoms with Gasteiger partial charge >= 0.3 is 0 Å². The zero-order chi connectivity index (χ0) is 22.6. The summed E-state index contributed by atoms with van der Waals surface area (Å²) in [4.78, 5) is 20.1. The minimum Gasteiger partial charge on any atom is -0.389 e. The molecule has 0 radical (unpaired) electrons. The molecule has 0 saturated carbocycles. The molecule has 0 spiro atoms. The summed E-state index contributed by atoms with van der Waals surface area (Å²) in [6.45, 7) is 5.17. The van der Waals surface area contributed by atoms with E-state index < -0.39 is 21.9 Å². The summed E-state index contributed by atoms with van der Waals surface area (Å²) in [7, 11) is -2.25. The third-order valence-corrected chi connectivity index (χ3v) is 5.55. The Kier molecular flexibility index (Phi) is 7.44. The molecule has 0 aliphatic carbocycles. The van der Waals surface area contributed by atoms with E-state index in [1.807, 2.05) is 13.8 Å². The Morgan fingerprint density at radius 2 is 1.83 bits per heavy atom. The average Bonchev–Trinajstić information content (AvgIpc) is 2.64.